The average molecular weight is 380 g/mol. The maximum absolute atomic E-state index is 13.9. The van der Waals surface area contributed by atoms with Crippen LogP contribution in [0.25, 0.3) is 0 Å². The summed E-state index contributed by atoms with van der Waals surface area (Å²) in [5.74, 6) is 1.19. The molecule has 2 aliphatic rings. The van der Waals surface area contributed by atoms with Crippen molar-refractivity contribution >= 4 is 0 Å². The number of hydrogen-bond donors (Lipinski definition) is 0. The molecule has 0 aliphatic heterocycles. The van der Waals surface area contributed by atoms with E-state index in [9.17, 15) is 17.6 Å². The zero-order chi connectivity index (χ0) is 19.4. The number of allylic oxidation sites excluding steroid dienone is 3. The predicted octanol–water partition coefficient (Wildman–Crippen LogP) is 7.67. The first-order valence-electron chi connectivity index (χ1n) is 10.0. The molecule has 0 saturated heterocycles. The Morgan fingerprint density at radius 3 is 2.00 bits per heavy atom. The summed E-state index contributed by atoms with van der Waals surface area (Å²) >= 11 is 0. The van der Waals surface area contributed by atoms with Gasteiger partial charge in [-0.15, -0.1) is 0 Å². The van der Waals surface area contributed by atoms with Gasteiger partial charge in [0.2, 0.25) is 0 Å². The Labute approximate surface area is 159 Å². The van der Waals surface area contributed by atoms with E-state index >= 15 is 0 Å². The van der Waals surface area contributed by atoms with Crippen LogP contribution in [0.2, 0.25) is 0 Å². The minimum Gasteiger partial charge on any atom is -0.206 e. The molecule has 0 bridgehead atoms. The third-order valence-electron chi connectivity index (χ3n) is 6.54. The molecule has 0 nitrogen and oxygen atoms in total. The third kappa shape index (κ3) is 5.03. The Hall–Kier alpha value is -1.58. The van der Waals surface area contributed by atoms with Crippen molar-refractivity contribution in [3.63, 3.8) is 0 Å². The first-order chi connectivity index (χ1) is 12.9. The lowest BCUT2D eigenvalue weighted by Crippen LogP contribution is -2.25. The molecule has 2 aliphatic carbocycles. The summed E-state index contributed by atoms with van der Waals surface area (Å²) in [5, 5.41) is 0. The molecule has 1 aromatic rings. The molecule has 148 valence electrons. The highest BCUT2D eigenvalue weighted by Gasteiger charge is 2.35. The lowest BCUT2D eigenvalue weighted by Gasteiger charge is -2.37. The van der Waals surface area contributed by atoms with E-state index in [-0.39, 0.29) is 5.92 Å². The zero-order valence-corrected chi connectivity index (χ0v) is 15.6. The van der Waals surface area contributed by atoms with Crippen LogP contribution >= 0.6 is 0 Å². The standard InChI is InChI=1S/C23H28F4/c1-2-3-4-16-5-7-17(8-6-16)18-9-11-19(12-10-18)20-13-14-21(22(24)15-20)23(25,26)27/h2-4,13-19H,1,5-12H2/b4-3+. The fourth-order valence-corrected chi connectivity index (χ4v) is 4.98. The second kappa shape index (κ2) is 8.62. The second-order valence-corrected chi connectivity index (χ2v) is 8.14. The second-order valence-electron chi connectivity index (χ2n) is 8.14. The quantitative estimate of drug-likeness (QED) is 0.371. The van der Waals surface area contributed by atoms with Crippen molar-refractivity contribution in [2.75, 3.05) is 0 Å². The summed E-state index contributed by atoms with van der Waals surface area (Å²) in [6.07, 6.45) is 10.6. The molecule has 1 aromatic carbocycles. The first-order valence-corrected chi connectivity index (χ1v) is 10.0. The summed E-state index contributed by atoms with van der Waals surface area (Å²) in [5.41, 5.74) is -0.445. The smallest absolute Gasteiger partial charge is 0.206 e. The van der Waals surface area contributed by atoms with Crippen LogP contribution in [0.5, 0.6) is 0 Å². The van der Waals surface area contributed by atoms with Crippen LogP contribution in [0.4, 0.5) is 17.6 Å². The van der Waals surface area contributed by atoms with Gasteiger partial charge in [-0.3, -0.25) is 0 Å². The van der Waals surface area contributed by atoms with Gasteiger partial charge in [-0.1, -0.05) is 30.9 Å². The van der Waals surface area contributed by atoms with Gasteiger partial charge >= 0.3 is 6.18 Å². The van der Waals surface area contributed by atoms with Crippen molar-refractivity contribution in [3.05, 3.63) is 60.0 Å². The molecule has 0 atom stereocenters. The molecule has 0 heterocycles. The lowest BCUT2D eigenvalue weighted by atomic mass is 9.68. The molecule has 0 aromatic heterocycles. The zero-order valence-electron chi connectivity index (χ0n) is 15.6. The molecule has 2 saturated carbocycles. The first kappa shape index (κ1) is 20.2. The van der Waals surface area contributed by atoms with Crippen LogP contribution in [0.1, 0.15) is 68.4 Å². The topological polar surface area (TPSA) is 0 Å². The normalized spacial score (nSPS) is 29.8. The minimum atomic E-state index is -4.63. The van der Waals surface area contributed by atoms with Crippen LogP contribution < -0.4 is 0 Å². The van der Waals surface area contributed by atoms with E-state index in [4.69, 9.17) is 0 Å². The average Bonchev–Trinajstić information content (AvgIpc) is 2.66. The van der Waals surface area contributed by atoms with Gasteiger partial charge in [0.05, 0.1) is 5.56 Å². The Morgan fingerprint density at radius 2 is 1.48 bits per heavy atom. The fraction of sp³-hybridized carbons (Fsp3) is 0.565. The fourth-order valence-electron chi connectivity index (χ4n) is 4.98. The highest BCUT2D eigenvalue weighted by atomic mass is 19.4. The molecular formula is C23H28F4. The van der Waals surface area contributed by atoms with Crippen molar-refractivity contribution < 1.29 is 17.6 Å². The largest absolute Gasteiger partial charge is 0.419 e. The Bertz CT molecular complexity index is 657. The van der Waals surface area contributed by atoms with Gasteiger partial charge in [-0.2, -0.15) is 13.2 Å². The molecule has 0 unspecified atom stereocenters. The number of halogens is 4. The van der Waals surface area contributed by atoms with E-state index in [0.717, 1.165) is 49.3 Å². The summed E-state index contributed by atoms with van der Waals surface area (Å²) in [4.78, 5) is 0. The summed E-state index contributed by atoms with van der Waals surface area (Å²) in [6, 6.07) is 3.47. The Balaban J connectivity index is 1.53. The van der Waals surface area contributed by atoms with Crippen LogP contribution in [0.15, 0.2) is 43.0 Å². The monoisotopic (exact) mass is 380 g/mol. The molecule has 4 heteroatoms. The Morgan fingerprint density at radius 1 is 0.889 bits per heavy atom. The third-order valence-corrected chi connectivity index (χ3v) is 6.54. The van der Waals surface area contributed by atoms with E-state index < -0.39 is 17.6 Å². The molecule has 3 rings (SSSR count). The maximum atomic E-state index is 13.9. The number of hydrogen-bond acceptors (Lipinski definition) is 0. The maximum Gasteiger partial charge on any atom is 0.419 e. The molecule has 0 spiro atoms. The molecule has 0 N–H and O–H groups in total. The van der Waals surface area contributed by atoms with Crippen molar-refractivity contribution in [2.45, 2.75) is 63.5 Å². The van der Waals surface area contributed by atoms with E-state index in [1.165, 1.54) is 31.7 Å². The van der Waals surface area contributed by atoms with Gasteiger partial charge in [0.25, 0.3) is 0 Å². The molecular weight excluding hydrogens is 352 g/mol. The van der Waals surface area contributed by atoms with Crippen LogP contribution in [-0.4, -0.2) is 0 Å². The van der Waals surface area contributed by atoms with Crippen molar-refractivity contribution in [1.29, 1.82) is 0 Å². The Kier molecular flexibility index (Phi) is 6.44. The molecule has 0 amide bonds. The van der Waals surface area contributed by atoms with Crippen LogP contribution in [0, 0.1) is 23.6 Å². The van der Waals surface area contributed by atoms with Crippen LogP contribution in [0.3, 0.4) is 0 Å². The van der Waals surface area contributed by atoms with E-state index in [2.05, 4.69) is 12.7 Å². The van der Waals surface area contributed by atoms with Crippen molar-refractivity contribution in [1.82, 2.24) is 0 Å². The van der Waals surface area contributed by atoms with Gasteiger partial charge in [-0.05, 0) is 92.7 Å². The molecule has 0 radical (unpaired) electrons. The predicted molar refractivity (Wildman–Crippen MR) is 101 cm³/mol. The number of rotatable bonds is 4. The summed E-state index contributed by atoms with van der Waals surface area (Å²) in [7, 11) is 0. The van der Waals surface area contributed by atoms with Crippen molar-refractivity contribution in [3.8, 4) is 0 Å². The van der Waals surface area contributed by atoms with E-state index in [0.29, 0.717) is 11.8 Å². The molecule has 2 fully saturated rings. The summed E-state index contributed by atoms with van der Waals surface area (Å²) < 4.78 is 52.0. The number of alkyl halides is 3. The van der Waals surface area contributed by atoms with Gasteiger partial charge in [-0.25, -0.2) is 4.39 Å². The van der Waals surface area contributed by atoms with Crippen molar-refractivity contribution in [2.24, 2.45) is 17.8 Å². The van der Waals surface area contributed by atoms with Gasteiger partial charge in [0.15, 0.2) is 0 Å². The highest BCUT2D eigenvalue weighted by Crippen LogP contribution is 2.44. The van der Waals surface area contributed by atoms with Crippen LogP contribution in [-0.2, 0) is 6.18 Å². The van der Waals surface area contributed by atoms with E-state index in [1.807, 2.05) is 12.2 Å². The summed E-state index contributed by atoms with van der Waals surface area (Å²) in [6.45, 7) is 3.72. The van der Waals surface area contributed by atoms with Gasteiger partial charge in [0, 0.05) is 0 Å². The van der Waals surface area contributed by atoms with Gasteiger partial charge in [0.1, 0.15) is 5.82 Å². The SMILES string of the molecule is C=C/C=C/C1CCC(C2CCC(c3ccc(C(F)(F)F)c(F)c3)CC2)CC1. The lowest BCUT2D eigenvalue weighted by molar-refractivity contribution is -0.140. The number of benzene rings is 1. The van der Waals surface area contributed by atoms with E-state index in [1.54, 1.807) is 0 Å². The minimum absolute atomic E-state index is 0.185. The highest BCUT2D eigenvalue weighted by molar-refractivity contribution is 5.29. The molecule has 27 heavy (non-hydrogen) atoms. The van der Waals surface area contributed by atoms with Gasteiger partial charge < -0.3 is 0 Å².